The van der Waals surface area contributed by atoms with Gasteiger partial charge in [0.05, 0.1) is 5.92 Å². The van der Waals surface area contributed by atoms with Gasteiger partial charge in [-0.05, 0) is 44.9 Å². The van der Waals surface area contributed by atoms with E-state index in [9.17, 15) is 9.59 Å². The van der Waals surface area contributed by atoms with Crippen LogP contribution in [0.5, 0.6) is 11.5 Å². The van der Waals surface area contributed by atoms with Crippen LogP contribution in [0, 0.1) is 5.92 Å². The molecule has 0 bridgehead atoms. The van der Waals surface area contributed by atoms with Crippen LogP contribution in [0.4, 0.5) is 0 Å². The zero-order valence-electron chi connectivity index (χ0n) is 14.4. The molecular formula is C18H24N2O4. The number of ether oxygens (including phenoxy) is 2. The van der Waals surface area contributed by atoms with Crippen molar-refractivity contribution in [1.29, 1.82) is 0 Å². The van der Waals surface area contributed by atoms with E-state index < -0.39 is 0 Å². The first kappa shape index (κ1) is 16.6. The van der Waals surface area contributed by atoms with Gasteiger partial charge in [0.15, 0.2) is 11.5 Å². The third-order valence-corrected chi connectivity index (χ3v) is 4.46. The molecule has 0 unspecified atom stereocenters. The second-order valence-corrected chi connectivity index (χ2v) is 7.30. The van der Waals surface area contributed by atoms with Crippen LogP contribution in [0.1, 0.15) is 32.8 Å². The van der Waals surface area contributed by atoms with Crippen LogP contribution in [0.25, 0.3) is 0 Å². The molecule has 0 aromatic heterocycles. The Hall–Kier alpha value is -2.24. The number of benzene rings is 1. The van der Waals surface area contributed by atoms with E-state index in [2.05, 4.69) is 5.32 Å². The number of hydrogen-bond acceptors (Lipinski definition) is 4. The average Bonchev–Trinajstić information content (AvgIpc) is 3.12. The van der Waals surface area contributed by atoms with Crippen LogP contribution in [-0.4, -0.2) is 42.1 Å². The van der Waals surface area contributed by atoms with Gasteiger partial charge in [0.1, 0.15) is 0 Å². The molecule has 1 aromatic carbocycles. The second kappa shape index (κ2) is 6.34. The number of nitrogens with one attached hydrogen (secondary N) is 1. The lowest BCUT2D eigenvalue weighted by Crippen LogP contribution is -2.43. The third-order valence-electron chi connectivity index (χ3n) is 4.46. The minimum atomic E-state index is -0.256. The molecule has 2 heterocycles. The molecule has 6 heteroatoms. The molecule has 1 fully saturated rings. The van der Waals surface area contributed by atoms with E-state index >= 15 is 0 Å². The molecule has 24 heavy (non-hydrogen) atoms. The van der Waals surface area contributed by atoms with Gasteiger partial charge in [0.25, 0.3) is 0 Å². The van der Waals surface area contributed by atoms with Gasteiger partial charge < -0.3 is 19.7 Å². The number of fused-ring (bicyclic) bond motifs is 1. The van der Waals surface area contributed by atoms with E-state index in [1.54, 1.807) is 4.90 Å². The Kier molecular flexibility index (Phi) is 4.39. The Balaban J connectivity index is 1.49. The molecule has 0 spiro atoms. The molecule has 1 atom stereocenters. The number of nitrogens with zero attached hydrogens (tertiary/aromatic N) is 1. The van der Waals surface area contributed by atoms with Crippen molar-refractivity contribution in [3.05, 3.63) is 23.8 Å². The number of carbonyl (C=O) groups is 2. The van der Waals surface area contributed by atoms with Crippen LogP contribution < -0.4 is 14.8 Å². The Morgan fingerprint density at radius 1 is 1.29 bits per heavy atom. The highest BCUT2D eigenvalue weighted by molar-refractivity contribution is 5.89. The fourth-order valence-corrected chi connectivity index (χ4v) is 3.10. The molecule has 1 N–H and O–H groups in total. The molecule has 0 aliphatic carbocycles. The topological polar surface area (TPSA) is 67.9 Å². The molecule has 2 aliphatic rings. The Morgan fingerprint density at radius 3 is 2.75 bits per heavy atom. The zero-order chi connectivity index (χ0) is 17.3. The first-order valence-corrected chi connectivity index (χ1v) is 8.31. The molecule has 1 aromatic rings. The highest BCUT2D eigenvalue weighted by atomic mass is 16.7. The number of likely N-dealkylation sites (tertiary alicyclic amines) is 1. The molecule has 3 rings (SSSR count). The van der Waals surface area contributed by atoms with Gasteiger partial charge in [-0.15, -0.1) is 0 Å². The van der Waals surface area contributed by atoms with Gasteiger partial charge in [-0.1, -0.05) is 6.07 Å². The lowest BCUT2D eigenvalue weighted by Gasteiger charge is -2.31. The quantitative estimate of drug-likeness (QED) is 0.912. The molecule has 0 saturated carbocycles. The summed E-state index contributed by atoms with van der Waals surface area (Å²) in [6, 6.07) is 5.80. The fraction of sp³-hybridized carbons (Fsp3) is 0.556. The standard InChI is InChI=1S/C18H24N2O4/c1-18(2,3)20-10-13(9-16(20)21)17(22)19-7-6-12-4-5-14-15(8-12)24-11-23-14/h4-5,8,13H,6-7,9-11H2,1-3H3,(H,19,22)/t13-/m1/s1. The second-order valence-electron chi connectivity index (χ2n) is 7.30. The lowest BCUT2D eigenvalue weighted by molar-refractivity contribution is -0.132. The number of carbonyl (C=O) groups excluding carboxylic acids is 2. The van der Waals surface area contributed by atoms with Gasteiger partial charge in [0.2, 0.25) is 18.6 Å². The van der Waals surface area contributed by atoms with Crippen molar-refractivity contribution < 1.29 is 19.1 Å². The van der Waals surface area contributed by atoms with Gasteiger partial charge in [-0.3, -0.25) is 9.59 Å². The number of hydrogen-bond donors (Lipinski definition) is 1. The highest BCUT2D eigenvalue weighted by Crippen LogP contribution is 2.32. The number of amides is 2. The Bertz CT molecular complexity index is 651. The van der Waals surface area contributed by atoms with E-state index in [0.29, 0.717) is 25.9 Å². The van der Waals surface area contributed by atoms with Crippen molar-refractivity contribution in [2.45, 2.75) is 39.2 Å². The third kappa shape index (κ3) is 3.47. The monoisotopic (exact) mass is 332 g/mol. The Morgan fingerprint density at radius 2 is 2.04 bits per heavy atom. The summed E-state index contributed by atoms with van der Waals surface area (Å²) in [5, 5.41) is 2.94. The SMILES string of the molecule is CC(C)(C)N1C[C@H](C(=O)NCCc2ccc3c(c2)OCO3)CC1=O. The molecule has 130 valence electrons. The van der Waals surface area contributed by atoms with Gasteiger partial charge in [-0.25, -0.2) is 0 Å². The molecule has 2 aliphatic heterocycles. The summed E-state index contributed by atoms with van der Waals surface area (Å²) in [5.41, 5.74) is 0.844. The summed E-state index contributed by atoms with van der Waals surface area (Å²) in [5.74, 6) is 1.26. The predicted octanol–water partition coefficient (Wildman–Crippen LogP) is 1.72. The average molecular weight is 332 g/mol. The maximum Gasteiger partial charge on any atom is 0.231 e. The van der Waals surface area contributed by atoms with Crippen LogP contribution >= 0.6 is 0 Å². The normalized spacial score (nSPS) is 19.7. The first-order chi connectivity index (χ1) is 11.3. The van der Waals surface area contributed by atoms with E-state index in [1.807, 2.05) is 39.0 Å². The molecule has 2 amide bonds. The molecule has 0 radical (unpaired) electrons. The maximum absolute atomic E-state index is 12.3. The van der Waals surface area contributed by atoms with Crippen LogP contribution in [-0.2, 0) is 16.0 Å². The first-order valence-electron chi connectivity index (χ1n) is 8.31. The maximum atomic E-state index is 12.3. The van der Waals surface area contributed by atoms with Crippen LogP contribution in [0.15, 0.2) is 18.2 Å². The van der Waals surface area contributed by atoms with E-state index in [-0.39, 0.29) is 30.1 Å². The van der Waals surface area contributed by atoms with Crippen molar-refractivity contribution in [3.63, 3.8) is 0 Å². The predicted molar refractivity (Wildman–Crippen MR) is 88.9 cm³/mol. The van der Waals surface area contributed by atoms with Crippen LogP contribution in [0.3, 0.4) is 0 Å². The highest BCUT2D eigenvalue weighted by Gasteiger charge is 2.39. The zero-order valence-corrected chi connectivity index (χ0v) is 14.4. The van der Waals surface area contributed by atoms with Gasteiger partial charge >= 0.3 is 0 Å². The van der Waals surface area contributed by atoms with Crippen LogP contribution in [0.2, 0.25) is 0 Å². The van der Waals surface area contributed by atoms with Crippen molar-refractivity contribution >= 4 is 11.8 Å². The molecule has 1 saturated heterocycles. The van der Waals surface area contributed by atoms with Crippen molar-refractivity contribution in [2.75, 3.05) is 19.9 Å². The Labute approximate surface area is 142 Å². The molecule has 6 nitrogen and oxygen atoms in total. The fourth-order valence-electron chi connectivity index (χ4n) is 3.10. The minimum absolute atomic E-state index is 0.0455. The lowest BCUT2D eigenvalue weighted by atomic mass is 10.1. The minimum Gasteiger partial charge on any atom is -0.454 e. The van der Waals surface area contributed by atoms with Gasteiger partial charge in [-0.2, -0.15) is 0 Å². The number of rotatable bonds is 4. The summed E-state index contributed by atoms with van der Waals surface area (Å²) in [6.07, 6.45) is 1.01. The summed E-state index contributed by atoms with van der Waals surface area (Å²) in [7, 11) is 0. The van der Waals surface area contributed by atoms with Crippen molar-refractivity contribution in [1.82, 2.24) is 10.2 Å². The summed E-state index contributed by atoms with van der Waals surface area (Å²) < 4.78 is 10.6. The summed E-state index contributed by atoms with van der Waals surface area (Å²) in [6.45, 7) is 7.27. The van der Waals surface area contributed by atoms with E-state index in [4.69, 9.17) is 9.47 Å². The summed E-state index contributed by atoms with van der Waals surface area (Å²) in [4.78, 5) is 26.2. The van der Waals surface area contributed by atoms with Crippen molar-refractivity contribution in [3.8, 4) is 11.5 Å². The van der Waals surface area contributed by atoms with Gasteiger partial charge in [0, 0.05) is 25.0 Å². The van der Waals surface area contributed by atoms with E-state index in [0.717, 1.165) is 17.1 Å². The molecular weight excluding hydrogens is 308 g/mol. The van der Waals surface area contributed by atoms with E-state index in [1.165, 1.54) is 0 Å². The largest absolute Gasteiger partial charge is 0.454 e. The van der Waals surface area contributed by atoms with Crippen molar-refractivity contribution in [2.24, 2.45) is 5.92 Å². The summed E-state index contributed by atoms with van der Waals surface area (Å²) >= 11 is 0. The smallest absolute Gasteiger partial charge is 0.231 e.